The average molecular weight is 504 g/mol. The van der Waals surface area contributed by atoms with Crippen molar-refractivity contribution >= 4 is 5.91 Å². The minimum absolute atomic E-state index is 0.231. The van der Waals surface area contributed by atoms with E-state index >= 15 is 0 Å². The number of aromatic nitrogens is 2. The lowest BCUT2D eigenvalue weighted by molar-refractivity contribution is 0.0679. The summed E-state index contributed by atoms with van der Waals surface area (Å²) in [6, 6.07) is 22.5. The molecule has 0 atom stereocenters. The molecule has 0 saturated carbocycles. The van der Waals surface area contributed by atoms with Gasteiger partial charge in [-0.3, -0.25) is 4.79 Å². The summed E-state index contributed by atoms with van der Waals surface area (Å²) in [5.41, 5.74) is 2.80. The van der Waals surface area contributed by atoms with Gasteiger partial charge in [-0.05, 0) is 55.0 Å². The number of methoxy groups -OCH3 is 2. The normalized spacial score (nSPS) is 10.8. The van der Waals surface area contributed by atoms with Crippen molar-refractivity contribution in [3.8, 4) is 23.1 Å². The molecule has 1 heterocycles. The summed E-state index contributed by atoms with van der Waals surface area (Å²) >= 11 is 0. The highest BCUT2D eigenvalue weighted by Gasteiger charge is 2.25. The second-order valence-corrected chi connectivity index (χ2v) is 8.34. The molecule has 0 bridgehead atoms. The molecule has 7 nitrogen and oxygen atoms in total. The van der Waals surface area contributed by atoms with Crippen LogP contribution in [0.2, 0.25) is 0 Å². The van der Waals surface area contributed by atoms with Crippen molar-refractivity contribution in [1.29, 1.82) is 0 Å². The Morgan fingerprint density at radius 1 is 0.973 bits per heavy atom. The van der Waals surface area contributed by atoms with Crippen molar-refractivity contribution in [1.82, 2.24) is 14.7 Å². The number of aryl methyl sites for hydroxylation is 1. The molecule has 192 valence electrons. The van der Waals surface area contributed by atoms with Crippen LogP contribution < -0.4 is 9.47 Å². The van der Waals surface area contributed by atoms with Crippen molar-refractivity contribution in [3.63, 3.8) is 0 Å². The second kappa shape index (κ2) is 12.2. The molecule has 8 heteroatoms. The van der Waals surface area contributed by atoms with E-state index in [0.717, 1.165) is 16.9 Å². The molecule has 0 N–H and O–H groups in total. The van der Waals surface area contributed by atoms with Gasteiger partial charge in [0.15, 0.2) is 0 Å². The molecule has 0 radical (unpaired) electrons. The Balaban J connectivity index is 1.78. The van der Waals surface area contributed by atoms with E-state index in [1.165, 1.54) is 24.3 Å². The molecule has 4 rings (SSSR count). The minimum atomic E-state index is -0.397. The van der Waals surface area contributed by atoms with Gasteiger partial charge in [0.05, 0.1) is 37.2 Å². The third-order valence-corrected chi connectivity index (χ3v) is 5.90. The molecular formula is C29H30FN3O4. The van der Waals surface area contributed by atoms with E-state index in [9.17, 15) is 9.18 Å². The van der Waals surface area contributed by atoms with Gasteiger partial charge in [0.1, 0.15) is 17.3 Å². The Labute approximate surface area is 216 Å². The number of nitrogens with zero attached hydrogens (tertiary/aromatic N) is 3. The van der Waals surface area contributed by atoms with Crippen molar-refractivity contribution in [2.45, 2.75) is 19.9 Å². The molecule has 1 aromatic heterocycles. The SMILES string of the molecule is CCc1nn(-c2ccccc2)c(Oc2cccc(OC)c2)c1CN(CCOC)C(=O)c1ccc(F)cc1. The lowest BCUT2D eigenvalue weighted by atomic mass is 10.1. The van der Waals surface area contributed by atoms with Crippen LogP contribution in [-0.2, 0) is 17.7 Å². The van der Waals surface area contributed by atoms with Gasteiger partial charge in [-0.1, -0.05) is 31.2 Å². The maximum Gasteiger partial charge on any atom is 0.254 e. The van der Waals surface area contributed by atoms with Crippen LogP contribution in [-0.4, -0.2) is 48.0 Å². The summed E-state index contributed by atoms with van der Waals surface area (Å²) in [5, 5.41) is 4.86. The third-order valence-electron chi connectivity index (χ3n) is 5.90. The second-order valence-electron chi connectivity index (χ2n) is 8.34. The van der Waals surface area contributed by atoms with Gasteiger partial charge in [-0.15, -0.1) is 0 Å². The van der Waals surface area contributed by atoms with Crippen molar-refractivity contribution in [2.24, 2.45) is 0 Å². The van der Waals surface area contributed by atoms with Gasteiger partial charge < -0.3 is 19.1 Å². The number of benzene rings is 3. The monoisotopic (exact) mass is 503 g/mol. The number of para-hydroxylation sites is 1. The van der Waals surface area contributed by atoms with Crippen LogP contribution in [0.15, 0.2) is 78.9 Å². The van der Waals surface area contributed by atoms with Crippen LogP contribution in [0.1, 0.15) is 28.5 Å². The Morgan fingerprint density at radius 2 is 1.70 bits per heavy atom. The molecule has 0 unspecified atom stereocenters. The largest absolute Gasteiger partial charge is 0.497 e. The Hall–Kier alpha value is -4.17. The molecular weight excluding hydrogens is 473 g/mol. The molecule has 4 aromatic rings. The first kappa shape index (κ1) is 25.9. The van der Waals surface area contributed by atoms with Gasteiger partial charge in [0, 0.05) is 25.3 Å². The highest BCUT2D eigenvalue weighted by Crippen LogP contribution is 2.33. The smallest absolute Gasteiger partial charge is 0.254 e. The van der Waals surface area contributed by atoms with Crippen LogP contribution in [0.25, 0.3) is 5.69 Å². The standard InChI is InChI=1S/C29H30FN3O4/c1-4-27-26(20-32(17-18-35-2)28(34)21-13-15-22(30)16-14-21)29(33(31-27)23-9-6-5-7-10-23)37-25-12-8-11-24(19-25)36-3/h5-16,19H,4,17-18,20H2,1-3H3. The van der Waals surface area contributed by atoms with Crippen molar-refractivity contribution < 1.29 is 23.4 Å². The molecule has 0 saturated heterocycles. The van der Waals surface area contributed by atoms with E-state index in [1.807, 2.05) is 55.5 Å². The number of halogens is 1. The highest BCUT2D eigenvalue weighted by molar-refractivity contribution is 5.94. The zero-order valence-corrected chi connectivity index (χ0v) is 21.2. The molecule has 3 aromatic carbocycles. The summed E-state index contributed by atoms with van der Waals surface area (Å²) in [7, 11) is 3.19. The van der Waals surface area contributed by atoms with E-state index in [4.69, 9.17) is 19.3 Å². The predicted molar refractivity (Wildman–Crippen MR) is 139 cm³/mol. The van der Waals surface area contributed by atoms with Gasteiger partial charge in [0.2, 0.25) is 5.88 Å². The lowest BCUT2D eigenvalue weighted by Crippen LogP contribution is -2.33. The van der Waals surface area contributed by atoms with E-state index in [-0.39, 0.29) is 12.5 Å². The number of carbonyl (C=O) groups is 1. The summed E-state index contributed by atoms with van der Waals surface area (Å²) < 4.78 is 32.3. The minimum Gasteiger partial charge on any atom is -0.497 e. The Morgan fingerprint density at radius 3 is 2.38 bits per heavy atom. The number of carbonyl (C=O) groups excluding carboxylic acids is 1. The molecule has 37 heavy (non-hydrogen) atoms. The third kappa shape index (κ3) is 6.16. The van der Waals surface area contributed by atoms with Gasteiger partial charge in [-0.2, -0.15) is 5.10 Å². The molecule has 0 spiro atoms. The lowest BCUT2D eigenvalue weighted by Gasteiger charge is -2.23. The van der Waals surface area contributed by atoms with Crippen LogP contribution in [0.3, 0.4) is 0 Å². The summed E-state index contributed by atoms with van der Waals surface area (Å²) in [4.78, 5) is 15.1. The topological polar surface area (TPSA) is 65.8 Å². The molecule has 0 fully saturated rings. The number of rotatable bonds is 11. The number of hydrogen-bond acceptors (Lipinski definition) is 5. The highest BCUT2D eigenvalue weighted by atomic mass is 19.1. The summed E-state index contributed by atoms with van der Waals surface area (Å²) in [6.45, 7) is 2.92. The maximum atomic E-state index is 13.5. The van der Waals surface area contributed by atoms with Crippen LogP contribution in [0, 0.1) is 5.82 Å². The van der Waals surface area contributed by atoms with E-state index in [1.54, 1.807) is 29.9 Å². The molecule has 0 aliphatic rings. The Kier molecular flexibility index (Phi) is 8.53. The van der Waals surface area contributed by atoms with E-state index in [2.05, 4.69) is 0 Å². The predicted octanol–water partition coefficient (Wildman–Crippen LogP) is 5.66. The number of amides is 1. The molecule has 0 aliphatic heterocycles. The Bertz CT molecular complexity index is 1320. The quantitative estimate of drug-likeness (QED) is 0.264. The average Bonchev–Trinajstić information content (AvgIpc) is 3.28. The number of ether oxygens (including phenoxy) is 3. The summed E-state index contributed by atoms with van der Waals surface area (Å²) in [5.74, 6) is 1.11. The van der Waals surface area contributed by atoms with Crippen molar-refractivity contribution in [3.05, 3.63) is 102 Å². The first-order chi connectivity index (χ1) is 18.0. The van der Waals surface area contributed by atoms with Crippen LogP contribution in [0.5, 0.6) is 17.4 Å². The van der Waals surface area contributed by atoms with Gasteiger partial charge in [0.25, 0.3) is 5.91 Å². The van der Waals surface area contributed by atoms with E-state index < -0.39 is 5.82 Å². The fourth-order valence-corrected chi connectivity index (χ4v) is 3.97. The summed E-state index contributed by atoms with van der Waals surface area (Å²) in [6.07, 6.45) is 0.631. The zero-order chi connectivity index (χ0) is 26.2. The van der Waals surface area contributed by atoms with E-state index in [0.29, 0.717) is 42.5 Å². The van der Waals surface area contributed by atoms with Gasteiger partial charge >= 0.3 is 0 Å². The zero-order valence-electron chi connectivity index (χ0n) is 21.2. The van der Waals surface area contributed by atoms with Crippen LogP contribution in [0.4, 0.5) is 4.39 Å². The first-order valence-corrected chi connectivity index (χ1v) is 12.1. The fraction of sp³-hybridized carbons (Fsp3) is 0.241. The molecule has 1 amide bonds. The first-order valence-electron chi connectivity index (χ1n) is 12.1. The fourth-order valence-electron chi connectivity index (χ4n) is 3.97. The van der Waals surface area contributed by atoms with Crippen LogP contribution >= 0.6 is 0 Å². The van der Waals surface area contributed by atoms with Crippen molar-refractivity contribution in [2.75, 3.05) is 27.4 Å². The molecule has 0 aliphatic carbocycles. The van der Waals surface area contributed by atoms with Gasteiger partial charge in [-0.25, -0.2) is 9.07 Å². The maximum absolute atomic E-state index is 13.5. The number of hydrogen-bond donors (Lipinski definition) is 0.